The maximum atomic E-state index is 12.9. The summed E-state index contributed by atoms with van der Waals surface area (Å²) in [7, 11) is -4.55. The number of hydrogen-bond donors (Lipinski definition) is 4. The SMILES string of the molecule is C[C@H](NC(=O)[C@H](CF)NC(=O)OCc1ccccc1)P(=O)(O)O. The van der Waals surface area contributed by atoms with E-state index in [9.17, 15) is 18.5 Å². The Morgan fingerprint density at radius 1 is 1.26 bits per heavy atom. The number of rotatable bonds is 7. The van der Waals surface area contributed by atoms with Crippen LogP contribution >= 0.6 is 7.60 Å². The summed E-state index contributed by atoms with van der Waals surface area (Å²) in [5.74, 6) is -2.55. The van der Waals surface area contributed by atoms with Crippen molar-refractivity contribution in [3.05, 3.63) is 35.9 Å². The molecule has 4 N–H and O–H groups in total. The molecule has 1 aromatic carbocycles. The van der Waals surface area contributed by atoms with E-state index in [2.05, 4.69) is 0 Å². The Labute approximate surface area is 132 Å². The molecule has 0 saturated carbocycles. The molecule has 0 fully saturated rings. The lowest BCUT2D eigenvalue weighted by molar-refractivity contribution is -0.123. The van der Waals surface area contributed by atoms with Crippen molar-refractivity contribution in [1.82, 2.24) is 10.6 Å². The fourth-order valence-electron chi connectivity index (χ4n) is 1.47. The number of halogens is 1. The van der Waals surface area contributed by atoms with Crippen molar-refractivity contribution in [2.24, 2.45) is 0 Å². The van der Waals surface area contributed by atoms with Crippen LogP contribution in [0.15, 0.2) is 30.3 Å². The molecule has 0 aliphatic carbocycles. The van der Waals surface area contributed by atoms with E-state index in [0.29, 0.717) is 5.56 Å². The minimum atomic E-state index is -4.55. The number of hydrogen-bond acceptors (Lipinski definition) is 4. The number of carbonyl (C=O) groups is 2. The Morgan fingerprint density at radius 2 is 1.87 bits per heavy atom. The Kier molecular flexibility index (Phi) is 7.15. The van der Waals surface area contributed by atoms with Crippen LogP contribution in [0.4, 0.5) is 9.18 Å². The summed E-state index contributed by atoms with van der Waals surface area (Å²) in [6.45, 7) is -0.242. The predicted molar refractivity (Wildman–Crippen MR) is 79.2 cm³/mol. The van der Waals surface area contributed by atoms with Gasteiger partial charge in [-0.1, -0.05) is 30.3 Å². The molecule has 0 bridgehead atoms. The molecule has 0 saturated heterocycles. The Morgan fingerprint density at radius 3 is 2.39 bits per heavy atom. The van der Waals surface area contributed by atoms with E-state index in [1.165, 1.54) is 0 Å². The maximum absolute atomic E-state index is 12.9. The first-order valence-corrected chi connectivity index (χ1v) is 8.31. The van der Waals surface area contributed by atoms with Crippen LogP contribution in [0.2, 0.25) is 0 Å². The molecule has 2 amide bonds. The van der Waals surface area contributed by atoms with Gasteiger partial charge in [-0.2, -0.15) is 0 Å². The van der Waals surface area contributed by atoms with E-state index in [4.69, 9.17) is 14.5 Å². The zero-order valence-corrected chi connectivity index (χ0v) is 13.2. The number of ether oxygens (including phenoxy) is 1. The minimum Gasteiger partial charge on any atom is -0.445 e. The van der Waals surface area contributed by atoms with Crippen LogP contribution in [-0.4, -0.2) is 40.3 Å². The second-order valence-electron chi connectivity index (χ2n) is 4.69. The Bertz CT molecular complexity index is 579. The molecular weight excluding hydrogens is 330 g/mol. The maximum Gasteiger partial charge on any atom is 0.408 e. The van der Waals surface area contributed by atoms with Gasteiger partial charge in [0.2, 0.25) is 5.91 Å². The molecular formula is C13H18FN2O6P. The smallest absolute Gasteiger partial charge is 0.408 e. The molecule has 0 spiro atoms. The third-order valence-electron chi connectivity index (χ3n) is 2.83. The van der Waals surface area contributed by atoms with Gasteiger partial charge in [0.15, 0.2) is 0 Å². The van der Waals surface area contributed by atoms with Gasteiger partial charge in [0.25, 0.3) is 0 Å². The molecule has 0 heterocycles. The normalized spacial score (nSPS) is 13.7. The number of benzene rings is 1. The lowest BCUT2D eigenvalue weighted by atomic mass is 10.2. The lowest BCUT2D eigenvalue weighted by Crippen LogP contribution is -2.50. The van der Waals surface area contributed by atoms with Gasteiger partial charge in [-0.25, -0.2) is 9.18 Å². The summed E-state index contributed by atoms with van der Waals surface area (Å²) in [5, 5.41) is 3.93. The highest BCUT2D eigenvalue weighted by molar-refractivity contribution is 7.52. The van der Waals surface area contributed by atoms with Crippen molar-refractivity contribution in [3.8, 4) is 0 Å². The zero-order chi connectivity index (χ0) is 17.5. The number of carbonyl (C=O) groups excluding carboxylic acids is 2. The minimum absolute atomic E-state index is 0.0633. The van der Waals surface area contributed by atoms with Gasteiger partial charge in [-0.15, -0.1) is 0 Å². The highest BCUT2D eigenvalue weighted by Gasteiger charge is 2.29. The van der Waals surface area contributed by atoms with Crippen molar-refractivity contribution >= 4 is 19.6 Å². The Balaban J connectivity index is 2.50. The quantitative estimate of drug-likeness (QED) is 0.543. The average Bonchev–Trinajstić information content (AvgIpc) is 2.50. The number of nitrogens with one attached hydrogen (secondary N) is 2. The van der Waals surface area contributed by atoms with Crippen molar-refractivity contribution in [2.75, 3.05) is 6.67 Å². The molecule has 0 aliphatic rings. The first-order chi connectivity index (χ1) is 10.7. The van der Waals surface area contributed by atoms with E-state index in [1.54, 1.807) is 30.3 Å². The molecule has 0 radical (unpaired) electrons. The van der Waals surface area contributed by atoms with Crippen LogP contribution in [0, 0.1) is 0 Å². The van der Waals surface area contributed by atoms with E-state index >= 15 is 0 Å². The predicted octanol–water partition coefficient (Wildman–Crippen LogP) is 0.891. The fraction of sp³-hybridized carbons (Fsp3) is 0.385. The molecule has 0 unspecified atom stereocenters. The summed E-state index contributed by atoms with van der Waals surface area (Å²) >= 11 is 0. The standard InChI is InChI=1S/C13H18FN2O6P/c1-9(23(19,20)21)15-12(17)11(7-14)16-13(18)22-8-10-5-3-2-4-6-10/h2-6,9,11H,7-8H2,1H3,(H,15,17)(H,16,18)(H2,19,20,21)/t9-,11+/m1/s1. The number of alkyl carbamates (subject to hydrolysis) is 1. The second-order valence-corrected chi connectivity index (χ2v) is 6.64. The zero-order valence-electron chi connectivity index (χ0n) is 12.3. The van der Waals surface area contributed by atoms with Crippen molar-refractivity contribution < 1.29 is 33.1 Å². The summed E-state index contributed by atoms with van der Waals surface area (Å²) in [4.78, 5) is 41.0. The highest BCUT2D eigenvalue weighted by atomic mass is 31.2. The van der Waals surface area contributed by atoms with Gasteiger partial charge >= 0.3 is 13.7 Å². The number of alkyl halides is 1. The molecule has 2 atom stereocenters. The third-order valence-corrected chi connectivity index (χ3v) is 3.97. The molecule has 0 aliphatic heterocycles. The molecule has 128 valence electrons. The lowest BCUT2D eigenvalue weighted by Gasteiger charge is -2.19. The fourth-order valence-corrected chi connectivity index (χ4v) is 1.77. The van der Waals surface area contributed by atoms with Crippen molar-refractivity contribution in [1.29, 1.82) is 0 Å². The van der Waals surface area contributed by atoms with Gasteiger partial charge < -0.3 is 25.2 Å². The topological polar surface area (TPSA) is 125 Å². The first-order valence-electron chi connectivity index (χ1n) is 6.62. The van der Waals surface area contributed by atoms with Crippen LogP contribution in [0.1, 0.15) is 12.5 Å². The van der Waals surface area contributed by atoms with Gasteiger partial charge in [0.05, 0.1) is 0 Å². The van der Waals surface area contributed by atoms with Gasteiger partial charge in [0, 0.05) is 0 Å². The molecule has 8 nitrogen and oxygen atoms in total. The summed E-state index contributed by atoms with van der Waals surface area (Å²) in [6, 6.07) is 7.11. The molecule has 0 aromatic heterocycles. The second kappa shape index (κ2) is 8.61. The highest BCUT2D eigenvalue weighted by Crippen LogP contribution is 2.39. The number of amides is 2. The van der Waals surface area contributed by atoms with Crippen molar-refractivity contribution in [2.45, 2.75) is 25.4 Å². The van der Waals surface area contributed by atoms with Crippen molar-refractivity contribution in [3.63, 3.8) is 0 Å². The van der Waals surface area contributed by atoms with Crippen LogP contribution < -0.4 is 10.6 Å². The summed E-state index contributed by atoms with van der Waals surface area (Å²) in [5.41, 5.74) is 0.707. The van der Waals surface area contributed by atoms with Gasteiger partial charge in [-0.3, -0.25) is 9.36 Å². The van der Waals surface area contributed by atoms with E-state index < -0.39 is 38.1 Å². The molecule has 1 aromatic rings. The average molecular weight is 348 g/mol. The Hall–Kier alpha value is -1.96. The van der Waals surface area contributed by atoms with Crippen LogP contribution in [-0.2, 0) is 20.7 Å². The molecule has 1 rings (SSSR count). The third kappa shape index (κ3) is 6.77. The van der Waals surface area contributed by atoms with Crippen LogP contribution in [0.5, 0.6) is 0 Å². The van der Waals surface area contributed by atoms with E-state index in [-0.39, 0.29) is 6.61 Å². The summed E-state index contributed by atoms with van der Waals surface area (Å²) < 4.78 is 28.6. The van der Waals surface area contributed by atoms with Crippen LogP contribution in [0.3, 0.4) is 0 Å². The summed E-state index contributed by atoms with van der Waals surface area (Å²) in [6.07, 6.45) is -1.02. The van der Waals surface area contributed by atoms with E-state index in [0.717, 1.165) is 6.92 Å². The molecule has 23 heavy (non-hydrogen) atoms. The largest absolute Gasteiger partial charge is 0.445 e. The monoisotopic (exact) mass is 348 g/mol. The van der Waals surface area contributed by atoms with Gasteiger partial charge in [-0.05, 0) is 12.5 Å². The molecule has 10 heteroatoms. The first kappa shape index (κ1) is 19.1. The van der Waals surface area contributed by atoms with Crippen LogP contribution in [0.25, 0.3) is 0 Å². The van der Waals surface area contributed by atoms with E-state index in [1.807, 2.05) is 10.6 Å². The van der Waals surface area contributed by atoms with Gasteiger partial charge in [0.1, 0.15) is 25.1 Å².